The molecule has 1 aromatic heterocycles. The van der Waals surface area contributed by atoms with Crippen LogP contribution in [0.3, 0.4) is 0 Å². The highest BCUT2D eigenvalue weighted by atomic mass is 32.2. The van der Waals surface area contributed by atoms with Crippen molar-refractivity contribution in [3.8, 4) is 0 Å². The second kappa shape index (κ2) is 8.80. The number of rotatable bonds is 8. The standard InChI is InChI=1S/C19H25N3O3S/c1-4-22(5-2)18-12-11-15(13-20-18)14-21-19(23)16-9-7-8-10-17(16)26(24,25)6-3/h7-13H,4-6,14H2,1-3H3,(H,21,23). The predicted octanol–water partition coefficient (Wildman–Crippen LogP) is 2.65. The van der Waals surface area contributed by atoms with Gasteiger partial charge in [-0.15, -0.1) is 0 Å². The van der Waals surface area contributed by atoms with Gasteiger partial charge in [0, 0.05) is 25.8 Å². The van der Waals surface area contributed by atoms with Crippen molar-refractivity contribution in [2.45, 2.75) is 32.2 Å². The molecule has 0 atom stereocenters. The van der Waals surface area contributed by atoms with E-state index in [9.17, 15) is 13.2 Å². The van der Waals surface area contributed by atoms with Gasteiger partial charge in [0.15, 0.2) is 9.84 Å². The smallest absolute Gasteiger partial charge is 0.252 e. The van der Waals surface area contributed by atoms with Gasteiger partial charge >= 0.3 is 0 Å². The number of anilines is 1. The van der Waals surface area contributed by atoms with Crippen LogP contribution in [-0.4, -0.2) is 38.2 Å². The maximum atomic E-state index is 12.5. The Morgan fingerprint density at radius 1 is 1.08 bits per heavy atom. The summed E-state index contributed by atoms with van der Waals surface area (Å²) in [6, 6.07) is 10.1. The molecule has 0 spiro atoms. The number of nitrogens with one attached hydrogen (secondary N) is 1. The number of hydrogen-bond donors (Lipinski definition) is 1. The van der Waals surface area contributed by atoms with Crippen molar-refractivity contribution in [2.24, 2.45) is 0 Å². The van der Waals surface area contributed by atoms with E-state index in [1.165, 1.54) is 12.1 Å². The van der Waals surface area contributed by atoms with Gasteiger partial charge in [-0.3, -0.25) is 4.79 Å². The lowest BCUT2D eigenvalue weighted by Crippen LogP contribution is -2.25. The molecule has 1 amide bonds. The molecule has 2 rings (SSSR count). The number of hydrogen-bond acceptors (Lipinski definition) is 5. The Kier molecular flexibility index (Phi) is 6.74. The molecule has 0 saturated heterocycles. The van der Waals surface area contributed by atoms with Gasteiger partial charge in [0.25, 0.3) is 5.91 Å². The molecule has 0 bridgehead atoms. The van der Waals surface area contributed by atoms with Crippen molar-refractivity contribution in [3.05, 3.63) is 53.7 Å². The van der Waals surface area contributed by atoms with Gasteiger partial charge in [-0.2, -0.15) is 0 Å². The Morgan fingerprint density at radius 3 is 2.35 bits per heavy atom. The normalized spacial score (nSPS) is 11.2. The first-order valence-corrected chi connectivity index (χ1v) is 10.4. The number of carbonyl (C=O) groups excluding carboxylic acids is 1. The summed E-state index contributed by atoms with van der Waals surface area (Å²) in [6.45, 7) is 7.74. The molecule has 6 nitrogen and oxygen atoms in total. The Hall–Kier alpha value is -2.41. The van der Waals surface area contributed by atoms with E-state index in [2.05, 4.69) is 29.0 Å². The number of carbonyl (C=O) groups is 1. The maximum absolute atomic E-state index is 12.5. The molecular formula is C19H25N3O3S. The first kappa shape index (κ1) is 19.9. The van der Waals surface area contributed by atoms with Crippen LogP contribution in [0.1, 0.15) is 36.7 Å². The molecule has 1 N–H and O–H groups in total. The minimum atomic E-state index is -3.46. The molecule has 7 heteroatoms. The molecule has 0 aliphatic rings. The van der Waals surface area contributed by atoms with Crippen molar-refractivity contribution in [3.63, 3.8) is 0 Å². The maximum Gasteiger partial charge on any atom is 0.252 e. The number of amides is 1. The third-order valence-electron chi connectivity index (χ3n) is 4.20. The van der Waals surface area contributed by atoms with Crippen molar-refractivity contribution in [1.82, 2.24) is 10.3 Å². The summed E-state index contributed by atoms with van der Waals surface area (Å²) >= 11 is 0. The van der Waals surface area contributed by atoms with Gasteiger partial charge < -0.3 is 10.2 Å². The zero-order valence-electron chi connectivity index (χ0n) is 15.4. The molecule has 140 valence electrons. The quantitative estimate of drug-likeness (QED) is 0.767. The number of pyridine rings is 1. The van der Waals surface area contributed by atoms with Crippen LogP contribution < -0.4 is 10.2 Å². The minimum absolute atomic E-state index is 0.0476. The van der Waals surface area contributed by atoms with Crippen LogP contribution in [0.25, 0.3) is 0 Å². The summed E-state index contributed by atoms with van der Waals surface area (Å²) < 4.78 is 24.3. The van der Waals surface area contributed by atoms with E-state index >= 15 is 0 Å². The molecule has 0 unspecified atom stereocenters. The van der Waals surface area contributed by atoms with Gasteiger partial charge in [0.2, 0.25) is 0 Å². The van der Waals surface area contributed by atoms with Crippen LogP contribution in [-0.2, 0) is 16.4 Å². The molecule has 0 radical (unpaired) electrons. The summed E-state index contributed by atoms with van der Waals surface area (Å²) in [7, 11) is -3.46. The van der Waals surface area contributed by atoms with E-state index in [1.807, 2.05) is 12.1 Å². The fourth-order valence-electron chi connectivity index (χ4n) is 2.61. The lowest BCUT2D eigenvalue weighted by atomic mass is 10.2. The molecule has 1 aromatic carbocycles. The van der Waals surface area contributed by atoms with E-state index < -0.39 is 15.7 Å². The molecule has 0 aliphatic carbocycles. The first-order chi connectivity index (χ1) is 12.4. The highest BCUT2D eigenvalue weighted by Crippen LogP contribution is 2.17. The largest absolute Gasteiger partial charge is 0.357 e. The van der Waals surface area contributed by atoms with Gasteiger partial charge in [-0.25, -0.2) is 13.4 Å². The predicted molar refractivity (Wildman–Crippen MR) is 103 cm³/mol. The Labute approximate surface area is 155 Å². The Balaban J connectivity index is 2.10. The number of aromatic nitrogens is 1. The molecular weight excluding hydrogens is 350 g/mol. The van der Waals surface area contributed by atoms with E-state index in [-0.39, 0.29) is 22.8 Å². The fourth-order valence-corrected chi connectivity index (χ4v) is 3.71. The lowest BCUT2D eigenvalue weighted by Gasteiger charge is -2.19. The summed E-state index contributed by atoms with van der Waals surface area (Å²) in [6.07, 6.45) is 1.72. The number of sulfone groups is 1. The highest BCUT2D eigenvalue weighted by molar-refractivity contribution is 7.91. The van der Waals surface area contributed by atoms with E-state index in [1.54, 1.807) is 25.3 Å². The zero-order valence-corrected chi connectivity index (χ0v) is 16.2. The second-order valence-corrected chi connectivity index (χ2v) is 8.03. The van der Waals surface area contributed by atoms with Gasteiger partial charge in [-0.1, -0.05) is 25.1 Å². The van der Waals surface area contributed by atoms with Crippen molar-refractivity contribution in [1.29, 1.82) is 0 Å². The van der Waals surface area contributed by atoms with Crippen LogP contribution in [0.2, 0.25) is 0 Å². The van der Waals surface area contributed by atoms with E-state index in [0.717, 1.165) is 24.5 Å². The molecule has 0 saturated carbocycles. The summed E-state index contributed by atoms with van der Waals surface area (Å²) in [5, 5.41) is 2.77. The van der Waals surface area contributed by atoms with Crippen molar-refractivity contribution in [2.75, 3.05) is 23.7 Å². The topological polar surface area (TPSA) is 79.4 Å². The minimum Gasteiger partial charge on any atom is -0.357 e. The third kappa shape index (κ3) is 4.60. The second-order valence-electron chi connectivity index (χ2n) is 5.78. The van der Waals surface area contributed by atoms with Gasteiger partial charge in [0.1, 0.15) is 5.82 Å². The molecule has 0 fully saturated rings. The third-order valence-corrected chi connectivity index (χ3v) is 5.98. The van der Waals surface area contributed by atoms with Crippen LogP contribution in [0.15, 0.2) is 47.5 Å². The lowest BCUT2D eigenvalue weighted by molar-refractivity contribution is 0.0947. The molecule has 2 aromatic rings. The first-order valence-electron chi connectivity index (χ1n) is 8.72. The van der Waals surface area contributed by atoms with E-state index in [4.69, 9.17) is 0 Å². The Morgan fingerprint density at radius 2 is 1.77 bits per heavy atom. The van der Waals surface area contributed by atoms with Gasteiger partial charge in [-0.05, 0) is 37.6 Å². The average Bonchev–Trinajstić information content (AvgIpc) is 2.68. The summed E-state index contributed by atoms with van der Waals surface area (Å²) in [4.78, 5) is 19.1. The number of benzene rings is 1. The van der Waals surface area contributed by atoms with Gasteiger partial charge in [0.05, 0.1) is 16.2 Å². The summed E-state index contributed by atoms with van der Waals surface area (Å²) in [5.74, 6) is 0.434. The fraction of sp³-hybridized carbons (Fsp3) is 0.368. The number of nitrogens with zero attached hydrogens (tertiary/aromatic N) is 2. The van der Waals surface area contributed by atoms with Crippen LogP contribution in [0.4, 0.5) is 5.82 Å². The van der Waals surface area contributed by atoms with Crippen molar-refractivity contribution < 1.29 is 13.2 Å². The molecule has 1 heterocycles. The van der Waals surface area contributed by atoms with Crippen LogP contribution >= 0.6 is 0 Å². The zero-order chi connectivity index (χ0) is 19.2. The van der Waals surface area contributed by atoms with Crippen LogP contribution in [0, 0.1) is 0 Å². The SMILES string of the molecule is CCN(CC)c1ccc(CNC(=O)c2ccccc2S(=O)(=O)CC)cn1. The highest BCUT2D eigenvalue weighted by Gasteiger charge is 2.20. The Bertz CT molecular complexity index is 845. The molecule has 0 aliphatic heterocycles. The van der Waals surface area contributed by atoms with Crippen LogP contribution in [0.5, 0.6) is 0 Å². The average molecular weight is 375 g/mol. The molecule has 26 heavy (non-hydrogen) atoms. The van der Waals surface area contributed by atoms with Crippen molar-refractivity contribution >= 4 is 21.6 Å². The van der Waals surface area contributed by atoms with E-state index in [0.29, 0.717) is 0 Å². The monoisotopic (exact) mass is 375 g/mol. The summed E-state index contributed by atoms with van der Waals surface area (Å²) in [5.41, 5.74) is 1.02.